The summed E-state index contributed by atoms with van der Waals surface area (Å²) in [5.41, 5.74) is -0.0117. The number of para-hydroxylation sites is 1. The molecule has 10 heteroatoms. The van der Waals surface area contributed by atoms with Crippen LogP contribution in [0.25, 0.3) is 0 Å². The van der Waals surface area contributed by atoms with Crippen LogP contribution in [0.4, 0.5) is 24.5 Å². The third kappa shape index (κ3) is 9.48. The van der Waals surface area contributed by atoms with E-state index in [2.05, 4.69) is 10.6 Å². The summed E-state index contributed by atoms with van der Waals surface area (Å²) in [6, 6.07) is 11.2. The van der Waals surface area contributed by atoms with E-state index in [9.17, 15) is 18.0 Å². The molecule has 35 heavy (non-hydrogen) atoms. The van der Waals surface area contributed by atoms with Crippen LogP contribution in [0.2, 0.25) is 0 Å². The van der Waals surface area contributed by atoms with E-state index in [-0.39, 0.29) is 24.5 Å². The molecule has 0 amide bonds. The van der Waals surface area contributed by atoms with E-state index in [4.69, 9.17) is 18.9 Å². The Morgan fingerprint density at radius 3 is 2.34 bits per heavy atom. The van der Waals surface area contributed by atoms with Gasteiger partial charge >= 0.3 is 12.1 Å². The van der Waals surface area contributed by atoms with Crippen LogP contribution in [0.1, 0.15) is 28.8 Å². The van der Waals surface area contributed by atoms with E-state index >= 15 is 0 Å². The number of anilines is 2. The van der Waals surface area contributed by atoms with E-state index in [1.165, 1.54) is 12.1 Å². The van der Waals surface area contributed by atoms with Gasteiger partial charge in [-0.25, -0.2) is 4.79 Å². The molecule has 7 nitrogen and oxygen atoms in total. The largest absolute Gasteiger partial charge is 0.460 e. The number of hydrogen-bond donors (Lipinski definition) is 2. The molecule has 1 aliphatic rings. The van der Waals surface area contributed by atoms with Crippen LogP contribution < -0.4 is 10.6 Å². The van der Waals surface area contributed by atoms with Crippen molar-refractivity contribution in [2.24, 2.45) is 0 Å². The molecule has 2 aromatic rings. The summed E-state index contributed by atoms with van der Waals surface area (Å²) in [7, 11) is 0. The first-order valence-corrected chi connectivity index (χ1v) is 11.6. The highest BCUT2D eigenvalue weighted by Crippen LogP contribution is 2.32. The molecule has 0 aromatic heterocycles. The van der Waals surface area contributed by atoms with Gasteiger partial charge in [0.05, 0.1) is 56.0 Å². The van der Waals surface area contributed by atoms with Crippen LogP contribution in [0.5, 0.6) is 0 Å². The van der Waals surface area contributed by atoms with Gasteiger partial charge in [0.15, 0.2) is 0 Å². The fourth-order valence-electron chi connectivity index (χ4n) is 3.53. The lowest BCUT2D eigenvalue weighted by molar-refractivity contribution is -0.137. The van der Waals surface area contributed by atoms with Crippen molar-refractivity contribution in [2.45, 2.75) is 25.1 Å². The van der Waals surface area contributed by atoms with E-state index in [0.29, 0.717) is 38.2 Å². The number of nitrogens with one attached hydrogen (secondary N) is 2. The van der Waals surface area contributed by atoms with Crippen LogP contribution in [-0.2, 0) is 25.1 Å². The zero-order chi connectivity index (χ0) is 24.9. The average Bonchev–Trinajstić information content (AvgIpc) is 2.85. The Morgan fingerprint density at radius 2 is 1.60 bits per heavy atom. The number of ether oxygens (including phenoxy) is 4. The first kappa shape index (κ1) is 26.9. The Labute approximate surface area is 202 Å². The summed E-state index contributed by atoms with van der Waals surface area (Å²) in [6.45, 7) is 4.03. The van der Waals surface area contributed by atoms with Gasteiger partial charge < -0.3 is 29.6 Å². The van der Waals surface area contributed by atoms with E-state index in [1.54, 1.807) is 24.3 Å². The molecule has 192 valence electrons. The van der Waals surface area contributed by atoms with Crippen molar-refractivity contribution in [1.29, 1.82) is 0 Å². The lowest BCUT2D eigenvalue weighted by atomic mass is 10.1. The predicted octanol–water partition coefficient (Wildman–Crippen LogP) is 4.41. The van der Waals surface area contributed by atoms with Gasteiger partial charge in [-0.2, -0.15) is 13.2 Å². The Kier molecular flexibility index (Phi) is 10.8. The van der Waals surface area contributed by atoms with Crippen molar-refractivity contribution in [2.75, 3.05) is 58.0 Å². The van der Waals surface area contributed by atoms with Gasteiger partial charge in [0.1, 0.15) is 6.61 Å². The van der Waals surface area contributed by atoms with Gasteiger partial charge in [0.2, 0.25) is 0 Å². The minimum atomic E-state index is -4.46. The third-order valence-corrected chi connectivity index (χ3v) is 5.32. The van der Waals surface area contributed by atoms with Gasteiger partial charge in [-0.1, -0.05) is 18.2 Å². The monoisotopic (exact) mass is 496 g/mol. The Morgan fingerprint density at radius 1 is 0.914 bits per heavy atom. The molecule has 1 aliphatic heterocycles. The summed E-state index contributed by atoms with van der Waals surface area (Å²) in [4.78, 5) is 12.5. The van der Waals surface area contributed by atoms with Crippen molar-refractivity contribution in [1.82, 2.24) is 5.32 Å². The van der Waals surface area contributed by atoms with E-state index < -0.39 is 17.7 Å². The molecule has 0 saturated carbocycles. The predicted molar refractivity (Wildman–Crippen MR) is 125 cm³/mol. The number of rotatable bonds is 13. The number of hydrogen-bond acceptors (Lipinski definition) is 7. The summed E-state index contributed by atoms with van der Waals surface area (Å²) in [6.07, 6.45) is -2.11. The number of halogens is 3. The standard InChI is InChI=1S/C25H31F3N2O5/c26-25(27,28)19-4-3-5-20(18-19)30-23-7-2-1-6-22(23)24(31)35-17-15-33-13-12-32-14-16-34-21-8-10-29-11-9-21/h1-7,18,21,29-30H,8-17H2. The zero-order valence-electron chi connectivity index (χ0n) is 19.4. The molecule has 0 atom stereocenters. The number of piperidine rings is 1. The Balaban J connectivity index is 1.33. The highest BCUT2D eigenvalue weighted by Gasteiger charge is 2.30. The molecule has 0 spiro atoms. The van der Waals surface area contributed by atoms with Crippen molar-refractivity contribution >= 4 is 17.3 Å². The van der Waals surface area contributed by atoms with Crippen molar-refractivity contribution < 1.29 is 36.9 Å². The van der Waals surface area contributed by atoms with Gasteiger partial charge in [-0.15, -0.1) is 0 Å². The van der Waals surface area contributed by atoms with Gasteiger partial charge in [0, 0.05) is 5.69 Å². The molecule has 2 aromatic carbocycles. The third-order valence-electron chi connectivity index (χ3n) is 5.32. The van der Waals surface area contributed by atoms with E-state index in [0.717, 1.165) is 38.1 Å². The number of alkyl halides is 3. The fraction of sp³-hybridized carbons (Fsp3) is 0.480. The normalized spacial score (nSPS) is 14.6. The van der Waals surface area contributed by atoms with Crippen molar-refractivity contribution in [3.63, 3.8) is 0 Å². The van der Waals surface area contributed by atoms with Crippen molar-refractivity contribution in [3.8, 4) is 0 Å². The second-order valence-corrected chi connectivity index (χ2v) is 7.93. The van der Waals surface area contributed by atoms with Gasteiger partial charge in [0.25, 0.3) is 0 Å². The molecule has 0 aliphatic carbocycles. The number of benzene rings is 2. The first-order valence-electron chi connectivity index (χ1n) is 11.6. The molecule has 0 bridgehead atoms. The highest BCUT2D eigenvalue weighted by atomic mass is 19.4. The molecule has 3 rings (SSSR count). The average molecular weight is 497 g/mol. The van der Waals surface area contributed by atoms with Crippen LogP contribution in [-0.4, -0.2) is 64.8 Å². The second kappa shape index (κ2) is 14.0. The maximum atomic E-state index is 13.0. The Bertz CT molecular complexity index is 920. The molecule has 2 N–H and O–H groups in total. The second-order valence-electron chi connectivity index (χ2n) is 7.93. The lowest BCUT2D eigenvalue weighted by Gasteiger charge is -2.22. The summed E-state index contributed by atoms with van der Waals surface area (Å²) < 4.78 is 60.8. The zero-order valence-corrected chi connectivity index (χ0v) is 19.4. The number of carbonyl (C=O) groups excluding carboxylic acids is 1. The Hall–Kier alpha value is -2.66. The quantitative estimate of drug-likeness (QED) is 0.314. The molecule has 1 fully saturated rings. The molecule has 1 heterocycles. The lowest BCUT2D eigenvalue weighted by Crippen LogP contribution is -2.33. The summed E-state index contributed by atoms with van der Waals surface area (Å²) in [5.74, 6) is -0.602. The minimum absolute atomic E-state index is 0.0373. The summed E-state index contributed by atoms with van der Waals surface area (Å²) >= 11 is 0. The molecule has 0 unspecified atom stereocenters. The molecule has 1 saturated heterocycles. The highest BCUT2D eigenvalue weighted by molar-refractivity contribution is 5.96. The molecular weight excluding hydrogens is 465 g/mol. The van der Waals surface area contributed by atoms with Crippen molar-refractivity contribution in [3.05, 3.63) is 59.7 Å². The molecular formula is C25H31F3N2O5. The molecule has 0 radical (unpaired) electrons. The fourth-order valence-corrected chi connectivity index (χ4v) is 3.53. The van der Waals surface area contributed by atoms with Crippen LogP contribution in [0.15, 0.2) is 48.5 Å². The topological polar surface area (TPSA) is 78.1 Å². The smallest absolute Gasteiger partial charge is 0.416 e. The number of carbonyl (C=O) groups is 1. The first-order chi connectivity index (χ1) is 16.9. The van der Waals surface area contributed by atoms with Gasteiger partial charge in [-0.3, -0.25) is 0 Å². The minimum Gasteiger partial charge on any atom is -0.460 e. The maximum absolute atomic E-state index is 13.0. The SMILES string of the molecule is O=C(OCCOCCOCCOC1CCNCC1)c1ccccc1Nc1cccc(C(F)(F)F)c1. The van der Waals surface area contributed by atoms with E-state index in [1.807, 2.05) is 0 Å². The van der Waals surface area contributed by atoms with Gasteiger partial charge in [-0.05, 0) is 56.3 Å². The van der Waals surface area contributed by atoms with Crippen LogP contribution in [0.3, 0.4) is 0 Å². The maximum Gasteiger partial charge on any atom is 0.416 e. The van der Waals surface area contributed by atoms with Crippen LogP contribution in [0, 0.1) is 0 Å². The number of esters is 1. The van der Waals surface area contributed by atoms with Crippen LogP contribution >= 0.6 is 0 Å². The summed E-state index contributed by atoms with van der Waals surface area (Å²) in [5, 5.41) is 6.15.